The van der Waals surface area contributed by atoms with E-state index in [0.29, 0.717) is 28.8 Å². The summed E-state index contributed by atoms with van der Waals surface area (Å²) in [7, 11) is 0. The van der Waals surface area contributed by atoms with Gasteiger partial charge in [0.25, 0.3) is 0 Å². The molecule has 0 atom stereocenters. The molecule has 11 heteroatoms. The van der Waals surface area contributed by atoms with Crippen molar-refractivity contribution in [3.63, 3.8) is 0 Å². The normalized spacial score (nSPS) is 12.7. The molecule has 0 radical (unpaired) electrons. The first-order valence-corrected chi connectivity index (χ1v) is 16.8. The summed E-state index contributed by atoms with van der Waals surface area (Å²) < 4.78 is 8.04. The lowest BCUT2D eigenvalue weighted by Crippen LogP contribution is -2.32. The number of pyridine rings is 1. The van der Waals surface area contributed by atoms with Crippen molar-refractivity contribution in [3.05, 3.63) is 90.8 Å². The summed E-state index contributed by atoms with van der Waals surface area (Å²) in [6.45, 7) is 3.65. The molecule has 0 unspecified atom stereocenters. The van der Waals surface area contributed by atoms with Crippen molar-refractivity contribution in [1.29, 1.82) is 0 Å². The number of likely N-dealkylation sites (tertiary alicyclic amines) is 1. The van der Waals surface area contributed by atoms with Crippen LogP contribution in [-0.2, 0) is 6.42 Å². The van der Waals surface area contributed by atoms with Gasteiger partial charge in [0.2, 0.25) is 0 Å². The molecule has 10 nitrogen and oxygen atoms in total. The molecular weight excluding hydrogens is 598 g/mol. The number of carbonyl (C=O) groups excluding carboxylic acids is 2. The minimum absolute atomic E-state index is 0.157. The Balaban J connectivity index is 1.19. The molecule has 3 heterocycles. The average Bonchev–Trinajstić information content (AvgIpc) is 3.76. The van der Waals surface area contributed by atoms with Gasteiger partial charge in [0.1, 0.15) is 23.1 Å². The number of nitrogens with one attached hydrogen (secondary N) is 3. The van der Waals surface area contributed by atoms with Crippen LogP contribution in [0.25, 0.3) is 16.5 Å². The highest BCUT2D eigenvalue weighted by molar-refractivity contribution is 7.98. The van der Waals surface area contributed by atoms with E-state index in [2.05, 4.69) is 27.9 Å². The highest BCUT2D eigenvalue weighted by Gasteiger charge is 2.19. The summed E-state index contributed by atoms with van der Waals surface area (Å²) in [4.78, 5) is 33.2. The molecule has 0 aliphatic carbocycles. The van der Waals surface area contributed by atoms with E-state index >= 15 is 0 Å². The van der Waals surface area contributed by atoms with E-state index in [1.807, 2.05) is 73.0 Å². The number of rotatable bonds is 10. The van der Waals surface area contributed by atoms with Crippen molar-refractivity contribution >= 4 is 51.9 Å². The topological polar surface area (TPSA) is 113 Å². The van der Waals surface area contributed by atoms with Crippen LogP contribution in [0.4, 0.5) is 26.9 Å². The third-order valence-corrected chi connectivity index (χ3v) is 8.57. The number of aryl methyl sites for hydroxylation is 1. The lowest BCUT2D eigenvalue weighted by molar-refractivity contribution is 0.222. The van der Waals surface area contributed by atoms with Crippen LogP contribution < -0.4 is 20.7 Å². The molecule has 1 aliphatic rings. The first kappa shape index (κ1) is 31.0. The number of hydrogen-bond acceptors (Lipinski definition) is 6. The molecule has 236 valence electrons. The van der Waals surface area contributed by atoms with Crippen LogP contribution in [0.15, 0.2) is 90.0 Å². The van der Waals surface area contributed by atoms with Crippen molar-refractivity contribution in [2.24, 2.45) is 0 Å². The Morgan fingerprint density at radius 1 is 0.913 bits per heavy atom. The summed E-state index contributed by atoms with van der Waals surface area (Å²) in [5, 5.41) is 15.3. The van der Waals surface area contributed by atoms with Crippen molar-refractivity contribution in [2.45, 2.75) is 43.9 Å². The summed E-state index contributed by atoms with van der Waals surface area (Å²) in [5.74, 6) is 2.16. The number of benzene rings is 3. The fourth-order valence-corrected chi connectivity index (χ4v) is 5.85. The van der Waals surface area contributed by atoms with Gasteiger partial charge in [-0.3, -0.25) is 10.6 Å². The molecule has 0 spiro atoms. The molecular formula is C35H37N7O3S. The van der Waals surface area contributed by atoms with Crippen molar-refractivity contribution in [1.82, 2.24) is 19.7 Å². The van der Waals surface area contributed by atoms with Crippen LogP contribution in [-0.4, -0.2) is 51.1 Å². The van der Waals surface area contributed by atoms with Gasteiger partial charge in [-0.1, -0.05) is 37.6 Å². The number of urea groups is 2. The second kappa shape index (κ2) is 14.4. The molecule has 5 aromatic rings. The molecule has 1 aliphatic heterocycles. The maximum Gasteiger partial charge on any atom is 0.324 e. The van der Waals surface area contributed by atoms with Gasteiger partial charge < -0.3 is 15.0 Å². The smallest absolute Gasteiger partial charge is 0.324 e. The van der Waals surface area contributed by atoms with Gasteiger partial charge in [0, 0.05) is 47.1 Å². The van der Waals surface area contributed by atoms with Gasteiger partial charge in [0.15, 0.2) is 0 Å². The van der Waals surface area contributed by atoms with Gasteiger partial charge in [0.05, 0.1) is 17.1 Å². The lowest BCUT2D eigenvalue weighted by atomic mass is 10.1. The molecule has 3 N–H and O–H groups in total. The SMILES string of the molecule is CCCCc1cc(NC(=O)Nc2ccc(Oc3ccnc(NC(=O)N4CCCC4)c3)c3ccccc23)n(-c2ccc(SC)cc2)n1. The van der Waals surface area contributed by atoms with Gasteiger partial charge in [-0.15, -0.1) is 11.8 Å². The van der Waals surface area contributed by atoms with Gasteiger partial charge >= 0.3 is 12.1 Å². The average molecular weight is 636 g/mol. The Hall–Kier alpha value is -5.03. The van der Waals surface area contributed by atoms with Crippen molar-refractivity contribution in [3.8, 4) is 17.2 Å². The number of unbranched alkanes of at least 4 members (excludes halogenated alkanes) is 1. The predicted octanol–water partition coefficient (Wildman–Crippen LogP) is 8.55. The maximum atomic E-state index is 13.4. The van der Waals surface area contributed by atoms with Gasteiger partial charge in [-0.25, -0.2) is 19.3 Å². The Morgan fingerprint density at radius 2 is 1.70 bits per heavy atom. The number of thioether (sulfide) groups is 1. The predicted molar refractivity (Wildman–Crippen MR) is 185 cm³/mol. The number of ether oxygens (including phenoxy) is 1. The molecule has 46 heavy (non-hydrogen) atoms. The molecule has 2 aromatic heterocycles. The largest absolute Gasteiger partial charge is 0.457 e. The van der Waals surface area contributed by atoms with E-state index < -0.39 is 0 Å². The van der Waals surface area contributed by atoms with Crippen LogP contribution in [0.3, 0.4) is 0 Å². The third kappa shape index (κ3) is 7.26. The van der Waals surface area contributed by atoms with Crippen LogP contribution >= 0.6 is 11.8 Å². The van der Waals surface area contributed by atoms with E-state index in [-0.39, 0.29) is 12.1 Å². The number of amides is 4. The minimum Gasteiger partial charge on any atom is -0.457 e. The van der Waals surface area contributed by atoms with E-state index in [9.17, 15) is 9.59 Å². The molecule has 6 rings (SSSR count). The van der Waals surface area contributed by atoms with E-state index in [1.165, 1.54) is 0 Å². The fraction of sp³-hybridized carbons (Fsp3) is 0.257. The zero-order chi connectivity index (χ0) is 31.9. The number of fused-ring (bicyclic) bond motifs is 1. The molecule has 0 bridgehead atoms. The second-order valence-electron chi connectivity index (χ2n) is 11.1. The molecule has 4 amide bonds. The third-order valence-electron chi connectivity index (χ3n) is 7.82. The summed E-state index contributed by atoms with van der Waals surface area (Å²) in [6, 6.07) is 24.3. The summed E-state index contributed by atoms with van der Waals surface area (Å²) in [5.41, 5.74) is 2.43. The van der Waals surface area contributed by atoms with Crippen molar-refractivity contribution in [2.75, 3.05) is 35.3 Å². The number of carbonyl (C=O) groups is 2. The van der Waals surface area contributed by atoms with Crippen LogP contribution in [0.2, 0.25) is 0 Å². The molecule has 3 aromatic carbocycles. The van der Waals surface area contributed by atoms with E-state index in [4.69, 9.17) is 9.84 Å². The highest BCUT2D eigenvalue weighted by atomic mass is 32.2. The Kier molecular flexibility index (Phi) is 9.68. The number of nitrogens with zero attached hydrogens (tertiary/aromatic N) is 4. The Labute approximate surface area is 272 Å². The maximum absolute atomic E-state index is 13.4. The summed E-state index contributed by atoms with van der Waals surface area (Å²) in [6.07, 6.45) is 8.58. The lowest BCUT2D eigenvalue weighted by Gasteiger charge is -2.16. The van der Waals surface area contributed by atoms with Crippen LogP contribution in [0, 0.1) is 0 Å². The zero-order valence-electron chi connectivity index (χ0n) is 26.0. The minimum atomic E-state index is -0.379. The summed E-state index contributed by atoms with van der Waals surface area (Å²) >= 11 is 1.68. The Morgan fingerprint density at radius 3 is 2.46 bits per heavy atom. The standard InChI is InChI=1S/C35H37N7O3S/c1-3-4-9-24-22-33(42(40-24)25-12-14-27(46-2)15-13-25)39-34(43)37-30-16-17-31(29-11-6-5-10-28(29)30)45-26-18-19-36-32(23-26)38-35(44)41-20-7-8-21-41/h5-6,10-19,22-23H,3-4,7-9,20-21H2,1-2H3,(H,36,38,44)(H2,37,39,43). The number of anilines is 3. The Bertz CT molecular complexity index is 1830. The number of hydrogen-bond donors (Lipinski definition) is 3. The monoisotopic (exact) mass is 635 g/mol. The fourth-order valence-electron chi connectivity index (χ4n) is 5.44. The van der Waals surface area contributed by atoms with Gasteiger partial charge in [-0.2, -0.15) is 5.10 Å². The van der Waals surface area contributed by atoms with Crippen LogP contribution in [0.5, 0.6) is 11.5 Å². The zero-order valence-corrected chi connectivity index (χ0v) is 26.8. The molecule has 0 saturated carbocycles. The van der Waals surface area contributed by atoms with Crippen LogP contribution in [0.1, 0.15) is 38.3 Å². The molecule has 1 fully saturated rings. The first-order chi connectivity index (χ1) is 22.5. The number of aromatic nitrogens is 3. The van der Waals surface area contributed by atoms with Gasteiger partial charge in [-0.05, 0) is 74.4 Å². The van der Waals surface area contributed by atoms with E-state index in [1.54, 1.807) is 39.7 Å². The highest BCUT2D eigenvalue weighted by Crippen LogP contribution is 2.35. The quantitative estimate of drug-likeness (QED) is 0.133. The second-order valence-corrected chi connectivity index (χ2v) is 12.0. The van der Waals surface area contributed by atoms with Crippen molar-refractivity contribution < 1.29 is 14.3 Å². The molecule has 1 saturated heterocycles. The van der Waals surface area contributed by atoms with E-state index in [0.717, 1.165) is 72.2 Å². The first-order valence-electron chi connectivity index (χ1n) is 15.5.